The summed E-state index contributed by atoms with van der Waals surface area (Å²) in [7, 11) is -3.17. The molecule has 1 amide bonds. The zero-order valence-electron chi connectivity index (χ0n) is 25.3. The number of fused-ring (bicyclic) bond motifs is 9. The van der Waals surface area contributed by atoms with E-state index >= 15 is 8.78 Å². The van der Waals surface area contributed by atoms with Crippen LogP contribution in [0.3, 0.4) is 0 Å². The minimum atomic E-state index is -3.17. The molecule has 3 aromatic rings. The molecule has 14 heteroatoms. The van der Waals surface area contributed by atoms with Crippen LogP contribution in [0.5, 0.6) is 0 Å². The average Bonchev–Trinajstić information content (AvgIpc) is 3.02. The van der Waals surface area contributed by atoms with E-state index in [1.807, 2.05) is 11.8 Å². The maximum atomic E-state index is 15.8. The monoisotopic (exact) mass is 643 g/mol. The van der Waals surface area contributed by atoms with Gasteiger partial charge in [0.1, 0.15) is 23.5 Å². The molecule has 0 spiro atoms. The van der Waals surface area contributed by atoms with E-state index in [2.05, 4.69) is 20.6 Å². The van der Waals surface area contributed by atoms with Gasteiger partial charge in [0, 0.05) is 43.7 Å². The van der Waals surface area contributed by atoms with Crippen LogP contribution in [-0.2, 0) is 27.1 Å². The quantitative estimate of drug-likeness (QED) is 0.411. The second-order valence-corrected chi connectivity index (χ2v) is 14.6. The standard InChI is InChI=1S/C31H39F2N7O4S/c1-21-22-5-4-6-24(17-22)31(32,33)23-7-11-38(12-8-23)19-27(41)34-9-2-3-10-40-29-25(28(37-21)35-20-36-29)18-26(30(40)42)39-13-15-45(43,44)16-14-39/h4-6,17-18,20-21,23H,2-3,7-16,19H2,1H3,(H,34,41)(H,35,36,37)/t21-/m1/s1. The number of aryl methyl sites for hydroxylation is 1. The lowest BCUT2D eigenvalue weighted by Gasteiger charge is -2.36. The molecule has 4 aliphatic heterocycles. The molecule has 2 saturated heterocycles. The molecule has 11 nitrogen and oxygen atoms in total. The molecule has 0 aliphatic carbocycles. The Morgan fingerprint density at radius 3 is 2.49 bits per heavy atom. The molecule has 1 atom stereocenters. The lowest BCUT2D eigenvalue weighted by molar-refractivity contribution is -0.123. The number of carbonyl (C=O) groups excluding carboxylic acids is 1. The van der Waals surface area contributed by atoms with Crippen LogP contribution in [0, 0.1) is 5.92 Å². The molecule has 4 aliphatic rings. The Hall–Kier alpha value is -3.65. The SMILES string of the molecule is C[C@H]1Nc2ncnc3c2cc(N2CCS(=O)(=O)CC2)c(=O)n3CCCCNC(=O)CN2CCC(CC2)C(F)(F)c2cccc1c2. The summed E-state index contributed by atoms with van der Waals surface area (Å²) in [6, 6.07) is 7.74. The van der Waals surface area contributed by atoms with Crippen LogP contribution in [0.25, 0.3) is 11.0 Å². The van der Waals surface area contributed by atoms with Crippen molar-refractivity contribution in [2.75, 3.05) is 61.0 Å². The Bertz CT molecular complexity index is 1730. The van der Waals surface area contributed by atoms with Crippen LogP contribution in [0.1, 0.15) is 49.8 Å². The number of hydrogen-bond donors (Lipinski definition) is 2. The summed E-state index contributed by atoms with van der Waals surface area (Å²) in [5.74, 6) is -3.66. The van der Waals surface area contributed by atoms with Gasteiger partial charge < -0.3 is 15.5 Å². The van der Waals surface area contributed by atoms with Crippen LogP contribution in [0.4, 0.5) is 20.3 Å². The molecule has 1 aromatic carbocycles. The molecular formula is C31H39F2N7O4S. The van der Waals surface area contributed by atoms with Crippen molar-refractivity contribution in [2.45, 2.75) is 51.1 Å². The number of nitrogens with zero attached hydrogens (tertiary/aromatic N) is 5. The highest BCUT2D eigenvalue weighted by Gasteiger charge is 2.43. The fourth-order valence-corrected chi connectivity index (χ4v) is 7.75. The van der Waals surface area contributed by atoms with Crippen molar-refractivity contribution in [1.82, 2.24) is 24.8 Å². The number of hydrogen-bond acceptors (Lipinski definition) is 9. The van der Waals surface area contributed by atoms with Crippen LogP contribution in [0.15, 0.2) is 41.5 Å². The molecular weight excluding hydrogens is 604 g/mol. The molecule has 2 N–H and O–H groups in total. The third-order valence-corrected chi connectivity index (χ3v) is 10.9. The molecule has 2 fully saturated rings. The number of amides is 1. The van der Waals surface area contributed by atoms with Crippen molar-refractivity contribution in [2.24, 2.45) is 5.92 Å². The molecule has 7 rings (SSSR count). The van der Waals surface area contributed by atoms with Crippen LogP contribution < -0.4 is 21.1 Å². The maximum absolute atomic E-state index is 15.8. The first-order valence-electron chi connectivity index (χ1n) is 15.6. The summed E-state index contributed by atoms with van der Waals surface area (Å²) in [6.07, 6.45) is 3.17. The Labute approximate surface area is 260 Å². The number of halogens is 2. The minimum absolute atomic E-state index is 0.0422. The Morgan fingerprint density at radius 1 is 0.978 bits per heavy atom. The van der Waals surface area contributed by atoms with Gasteiger partial charge in [-0.25, -0.2) is 27.2 Å². The lowest BCUT2D eigenvalue weighted by Crippen LogP contribution is -2.44. The number of sulfone groups is 1. The third kappa shape index (κ3) is 6.67. The van der Waals surface area contributed by atoms with Crippen molar-refractivity contribution in [3.8, 4) is 0 Å². The smallest absolute Gasteiger partial charge is 0.276 e. The van der Waals surface area contributed by atoms with E-state index in [0.29, 0.717) is 80.0 Å². The van der Waals surface area contributed by atoms with E-state index in [1.54, 1.807) is 33.7 Å². The molecule has 8 bridgehead atoms. The van der Waals surface area contributed by atoms with Crippen LogP contribution >= 0.6 is 0 Å². The van der Waals surface area contributed by atoms with E-state index in [4.69, 9.17) is 0 Å². The van der Waals surface area contributed by atoms with Crippen molar-refractivity contribution in [3.63, 3.8) is 0 Å². The van der Waals surface area contributed by atoms with E-state index in [0.717, 1.165) is 0 Å². The van der Waals surface area contributed by atoms with Crippen molar-refractivity contribution < 1.29 is 22.0 Å². The largest absolute Gasteiger partial charge is 0.365 e. The van der Waals surface area contributed by atoms with E-state index in [1.165, 1.54) is 12.4 Å². The van der Waals surface area contributed by atoms with Gasteiger partial charge in [0.2, 0.25) is 5.91 Å². The first-order chi connectivity index (χ1) is 21.5. The average molecular weight is 644 g/mol. The minimum Gasteiger partial charge on any atom is -0.365 e. The summed E-state index contributed by atoms with van der Waals surface area (Å²) in [5.41, 5.74) is 1.12. The molecule has 242 valence electrons. The number of piperidine rings is 1. The van der Waals surface area contributed by atoms with Gasteiger partial charge in [-0.15, -0.1) is 0 Å². The first-order valence-corrected chi connectivity index (χ1v) is 17.4. The van der Waals surface area contributed by atoms with E-state index < -0.39 is 27.7 Å². The van der Waals surface area contributed by atoms with Crippen molar-refractivity contribution in [1.29, 1.82) is 0 Å². The lowest BCUT2D eigenvalue weighted by atomic mass is 9.85. The van der Waals surface area contributed by atoms with Crippen LogP contribution in [0.2, 0.25) is 0 Å². The van der Waals surface area contributed by atoms with Gasteiger partial charge in [-0.1, -0.05) is 18.2 Å². The Kier molecular flexibility index (Phi) is 8.79. The van der Waals surface area contributed by atoms with Gasteiger partial charge in [-0.05, 0) is 63.4 Å². The molecule has 2 aromatic heterocycles. The summed E-state index contributed by atoms with van der Waals surface area (Å²) < 4.78 is 57.5. The predicted molar refractivity (Wildman–Crippen MR) is 168 cm³/mol. The Morgan fingerprint density at radius 2 is 1.73 bits per heavy atom. The normalized spacial score (nSPS) is 25.7. The fourth-order valence-electron chi connectivity index (χ4n) is 6.54. The molecule has 0 unspecified atom stereocenters. The Balaban J connectivity index is 1.40. The summed E-state index contributed by atoms with van der Waals surface area (Å²) >= 11 is 0. The van der Waals surface area contributed by atoms with Crippen molar-refractivity contribution >= 4 is 38.3 Å². The first kappa shape index (κ1) is 31.3. The number of alkyl halides is 2. The summed E-state index contributed by atoms with van der Waals surface area (Å²) in [4.78, 5) is 39.1. The van der Waals surface area contributed by atoms with E-state index in [-0.39, 0.29) is 48.2 Å². The number of aromatic nitrogens is 3. The van der Waals surface area contributed by atoms with Gasteiger partial charge in [0.15, 0.2) is 9.84 Å². The zero-order chi connectivity index (χ0) is 31.8. The van der Waals surface area contributed by atoms with Crippen molar-refractivity contribution in [3.05, 3.63) is 58.1 Å². The topological polar surface area (TPSA) is 130 Å². The van der Waals surface area contributed by atoms with Gasteiger partial charge in [-0.3, -0.25) is 19.1 Å². The fraction of sp³-hybridized carbons (Fsp3) is 0.548. The number of rotatable bonds is 1. The number of nitrogens with one attached hydrogen (secondary N) is 2. The number of benzene rings is 1. The van der Waals surface area contributed by atoms with E-state index in [9.17, 15) is 18.0 Å². The highest BCUT2D eigenvalue weighted by molar-refractivity contribution is 7.91. The van der Waals surface area contributed by atoms with Gasteiger partial charge >= 0.3 is 0 Å². The van der Waals surface area contributed by atoms with Crippen LogP contribution in [-0.4, -0.2) is 84.5 Å². The second-order valence-electron chi connectivity index (χ2n) is 12.3. The van der Waals surface area contributed by atoms with Gasteiger partial charge in [-0.2, -0.15) is 0 Å². The second kappa shape index (κ2) is 12.6. The zero-order valence-corrected chi connectivity index (χ0v) is 26.2. The number of anilines is 2. The summed E-state index contributed by atoms with van der Waals surface area (Å²) in [6.45, 7) is 4.03. The number of carbonyl (C=O) groups is 1. The molecule has 0 saturated carbocycles. The molecule has 45 heavy (non-hydrogen) atoms. The van der Waals surface area contributed by atoms with Gasteiger partial charge in [0.25, 0.3) is 11.5 Å². The number of pyridine rings is 1. The predicted octanol–water partition coefficient (Wildman–Crippen LogP) is 2.91. The molecule has 0 radical (unpaired) electrons. The third-order valence-electron chi connectivity index (χ3n) is 9.27. The highest BCUT2D eigenvalue weighted by Crippen LogP contribution is 2.42. The highest BCUT2D eigenvalue weighted by atomic mass is 32.2. The molecule has 6 heterocycles. The van der Waals surface area contributed by atoms with Gasteiger partial charge in [0.05, 0.1) is 23.4 Å². The summed E-state index contributed by atoms with van der Waals surface area (Å²) in [5, 5.41) is 6.85. The maximum Gasteiger partial charge on any atom is 0.276 e.